The summed E-state index contributed by atoms with van der Waals surface area (Å²) in [5.74, 6) is 0. The van der Waals surface area contributed by atoms with Crippen molar-refractivity contribution in [1.29, 1.82) is 0 Å². The first-order chi connectivity index (χ1) is 28.8. The third-order valence-electron chi connectivity index (χ3n) is 9.68. The van der Waals surface area contributed by atoms with Crippen molar-refractivity contribution in [2.45, 2.75) is 0 Å². The van der Waals surface area contributed by atoms with Gasteiger partial charge in [0.25, 0.3) is 0 Å². The Kier molecular flexibility index (Phi) is 17.0. The number of rotatable bonds is 11. The van der Waals surface area contributed by atoms with Crippen LogP contribution in [0.3, 0.4) is 0 Å². The minimum atomic E-state index is -0.540. The van der Waals surface area contributed by atoms with Crippen molar-refractivity contribution in [2.75, 3.05) is 22.2 Å². The van der Waals surface area contributed by atoms with E-state index in [1.165, 1.54) is 48.5 Å². The van der Waals surface area contributed by atoms with Gasteiger partial charge in [0.15, 0.2) is 0 Å². The van der Waals surface area contributed by atoms with Crippen LogP contribution < -0.4 is 46.8 Å². The monoisotopic (exact) mass is 905 g/mol. The molecule has 9 rings (SSSR count). The van der Waals surface area contributed by atoms with Crippen molar-refractivity contribution in [3.05, 3.63) is 243 Å². The van der Waals surface area contributed by atoms with Gasteiger partial charge in [0.1, 0.15) is 0 Å². The molecule has 8 aromatic rings. The van der Waals surface area contributed by atoms with Gasteiger partial charge in [0.05, 0.1) is 0 Å². The first-order valence-corrected chi connectivity index (χ1v) is 23.6. The first-order valence-electron chi connectivity index (χ1n) is 19.2. The number of benzene rings is 8. The zero-order valence-corrected chi connectivity index (χ0v) is 36.9. The summed E-state index contributed by atoms with van der Waals surface area (Å²) in [7, 11) is 0.828. The van der Waals surface area contributed by atoms with Crippen LogP contribution in [0.15, 0.2) is 237 Å². The van der Waals surface area contributed by atoms with Crippen LogP contribution in [0.25, 0.3) is 0 Å². The Morgan fingerprint density at radius 3 is 0.763 bits per heavy atom. The number of hydrogen-bond donors (Lipinski definition) is 0. The number of anilines is 2. The van der Waals surface area contributed by atoms with Gasteiger partial charge >= 0.3 is 18.9 Å². The molecule has 1 heterocycles. The smallest absolute Gasteiger partial charge is 0 e. The summed E-state index contributed by atoms with van der Waals surface area (Å²) >= 11 is 0. The van der Waals surface area contributed by atoms with Gasteiger partial charge in [-0.2, -0.15) is 0 Å². The number of para-hydroxylation sites is 2. The molecule has 289 valence electrons. The van der Waals surface area contributed by atoms with Gasteiger partial charge in [0.2, 0.25) is 0 Å². The minimum Gasteiger partial charge on any atom is -0.0622 e. The summed E-state index contributed by atoms with van der Waals surface area (Å²) in [5.41, 5.74) is 2.58. The van der Waals surface area contributed by atoms with Gasteiger partial charge in [-0.05, 0) is 73.0 Å². The second kappa shape index (κ2) is 23.0. The van der Waals surface area contributed by atoms with Crippen molar-refractivity contribution in [3.8, 4) is 0 Å². The number of fused-ring (bicyclic) bond motifs is 1. The van der Waals surface area contributed by atoms with E-state index in [1.54, 1.807) is 0 Å². The first kappa shape index (κ1) is 43.7. The summed E-state index contributed by atoms with van der Waals surface area (Å²) in [6.07, 6.45) is 1.90. The van der Waals surface area contributed by atoms with E-state index in [2.05, 4.69) is 260 Å². The maximum absolute atomic E-state index is 7.50. The quantitative estimate of drug-likeness (QED) is 0.0560. The van der Waals surface area contributed by atoms with Gasteiger partial charge in [-0.3, -0.25) is 0 Å². The van der Waals surface area contributed by atoms with E-state index in [9.17, 15) is 0 Å². The molecule has 8 heteroatoms. The normalized spacial score (nSPS) is 11.3. The van der Waals surface area contributed by atoms with E-state index in [0.717, 1.165) is 12.6 Å². The minimum absolute atomic E-state index is 0. The Labute approximate surface area is 367 Å². The molecular weight excluding hydrogens is 861 g/mol. The molecule has 0 spiro atoms. The Hall–Kier alpha value is -4.92. The molecule has 1 aliphatic rings. The zero-order chi connectivity index (χ0) is 39.8. The average molecular weight is 905 g/mol. The molecule has 0 unspecified atom stereocenters. The van der Waals surface area contributed by atoms with Crippen LogP contribution in [0.1, 0.15) is 0 Å². The van der Waals surface area contributed by atoms with Crippen LogP contribution in [0, 0.1) is 6.65 Å². The molecule has 0 fully saturated rings. The Morgan fingerprint density at radius 2 is 0.525 bits per heavy atom. The molecule has 3 nitrogen and oxygen atoms in total. The Bertz CT molecular complexity index is 2140. The SMILES string of the molecule is [B]1N(CP(c2ccccc2)c2ccccc2)c2ccccc2N1CP(c1ccccc1)c1ccccc1.[C-]#[O+].[Ru].c1ccc(P(c2ccccc2)c2ccccc2)cc1. The molecule has 0 amide bonds. The molecule has 59 heavy (non-hydrogen) atoms. The van der Waals surface area contributed by atoms with E-state index < -0.39 is 23.8 Å². The maximum Gasteiger partial charge on any atom is 0 e. The molecule has 0 saturated carbocycles. The molecule has 0 bridgehead atoms. The van der Waals surface area contributed by atoms with Crippen molar-refractivity contribution in [2.24, 2.45) is 0 Å². The van der Waals surface area contributed by atoms with Crippen LogP contribution >= 0.6 is 23.8 Å². The molecule has 0 aromatic heterocycles. The van der Waals surface area contributed by atoms with E-state index in [4.69, 9.17) is 4.65 Å². The van der Waals surface area contributed by atoms with Crippen LogP contribution in [0.4, 0.5) is 11.4 Å². The fourth-order valence-corrected chi connectivity index (χ4v) is 13.8. The number of hydrogen-bond acceptors (Lipinski definition) is 2. The fourth-order valence-electron chi connectivity index (χ4n) is 7.01. The molecular formula is C51H43BN2OP3Ru. The predicted octanol–water partition coefficient (Wildman–Crippen LogP) is 9.43. The van der Waals surface area contributed by atoms with Crippen molar-refractivity contribution in [1.82, 2.24) is 0 Å². The molecule has 1 radical (unpaired) electrons. The molecule has 0 N–H and O–H groups in total. The van der Waals surface area contributed by atoms with Crippen molar-refractivity contribution < 1.29 is 24.1 Å². The maximum atomic E-state index is 7.50. The molecule has 1 aliphatic heterocycles. The summed E-state index contributed by atoms with van der Waals surface area (Å²) in [6.45, 7) is 4.50. The van der Waals surface area contributed by atoms with Gasteiger partial charge in [-0.25, -0.2) is 0 Å². The van der Waals surface area contributed by atoms with Crippen LogP contribution in [-0.4, -0.2) is 20.1 Å². The summed E-state index contributed by atoms with van der Waals surface area (Å²) in [5, 5.41) is 9.82. The van der Waals surface area contributed by atoms with Crippen LogP contribution in [-0.2, 0) is 24.1 Å². The average Bonchev–Trinajstić information content (AvgIpc) is 3.67. The largest absolute Gasteiger partial charge is 0.0622 e. The zero-order valence-electron chi connectivity index (χ0n) is 32.5. The topological polar surface area (TPSA) is 26.4 Å². The van der Waals surface area contributed by atoms with Gasteiger partial charge in [0, 0.05) is 43.4 Å². The van der Waals surface area contributed by atoms with E-state index in [0.29, 0.717) is 0 Å². The van der Waals surface area contributed by atoms with Gasteiger partial charge in [-0.1, -0.05) is 224 Å². The Morgan fingerprint density at radius 1 is 0.322 bits per heavy atom. The van der Waals surface area contributed by atoms with Crippen LogP contribution in [0.5, 0.6) is 0 Å². The predicted molar refractivity (Wildman–Crippen MR) is 254 cm³/mol. The van der Waals surface area contributed by atoms with Crippen LogP contribution in [0.2, 0.25) is 0 Å². The molecule has 0 saturated heterocycles. The standard InChI is InChI=1S/C32H28BN2P2.C18H15P.CO.Ru/c1-5-15-27(16-6-1)36(28-17-7-2-8-18-28)25-34-31-23-13-14-24-32(31)35(33-34)26-37(29-19-9-3-10-20-29)30-21-11-4-12-22-30;1-4-10-16(11-5-1)19(17-12-6-2-7-13-17)18-14-8-3-9-15-18;1-2;/h1-24H,25-26H2;1-15H;;. The van der Waals surface area contributed by atoms with E-state index in [1.807, 2.05) is 0 Å². The van der Waals surface area contributed by atoms with Crippen molar-refractivity contribution in [3.63, 3.8) is 0 Å². The second-order valence-corrected chi connectivity index (χ2v) is 19.9. The molecule has 0 aliphatic carbocycles. The third kappa shape index (κ3) is 11.4. The van der Waals surface area contributed by atoms with E-state index >= 15 is 0 Å². The van der Waals surface area contributed by atoms with Crippen molar-refractivity contribution >= 4 is 79.8 Å². The van der Waals surface area contributed by atoms with Gasteiger partial charge in [-0.15, -0.1) is 0 Å². The summed E-state index contributed by atoms with van der Waals surface area (Å²) in [6, 6.07) is 85.1. The Balaban J connectivity index is 0.000000224. The third-order valence-corrected chi connectivity index (χ3v) is 17.0. The fraction of sp³-hybridized carbons (Fsp3) is 0.0392. The van der Waals surface area contributed by atoms with E-state index in [-0.39, 0.29) is 19.5 Å². The summed E-state index contributed by atoms with van der Waals surface area (Å²) < 4.78 is 7.50. The summed E-state index contributed by atoms with van der Waals surface area (Å²) in [4.78, 5) is 4.95. The molecule has 8 aromatic carbocycles. The molecule has 0 atom stereocenters. The second-order valence-electron chi connectivity index (χ2n) is 13.4. The van der Waals surface area contributed by atoms with Gasteiger partial charge < -0.3 is 9.62 Å². The number of nitrogens with zero attached hydrogens (tertiary/aromatic N) is 2.